The van der Waals surface area contributed by atoms with Crippen molar-refractivity contribution in [2.45, 2.75) is 25.2 Å². The van der Waals surface area contributed by atoms with Crippen LogP contribution in [-0.4, -0.2) is 47.2 Å². The maximum Gasteiger partial charge on any atom is 0.314 e. The molecule has 6 nitrogen and oxygen atoms in total. The molecule has 2 N–H and O–H groups in total. The van der Waals surface area contributed by atoms with E-state index >= 15 is 0 Å². The van der Waals surface area contributed by atoms with Gasteiger partial charge in [-0.2, -0.15) is 0 Å². The van der Waals surface area contributed by atoms with Crippen molar-refractivity contribution in [3.63, 3.8) is 0 Å². The Kier molecular flexibility index (Phi) is 7.31. The number of rotatable bonds is 8. The molecule has 190 valence electrons. The highest BCUT2D eigenvalue weighted by Gasteiger charge is 2.42. The molecule has 2 heterocycles. The van der Waals surface area contributed by atoms with E-state index in [2.05, 4.69) is 15.2 Å². The van der Waals surface area contributed by atoms with Crippen LogP contribution in [0.2, 0.25) is 5.02 Å². The number of likely N-dealkylation sites (tertiary alicyclic amines) is 1. The number of para-hydroxylation sites is 1. The Morgan fingerprint density at radius 1 is 1.05 bits per heavy atom. The summed E-state index contributed by atoms with van der Waals surface area (Å²) in [7, 11) is 0. The van der Waals surface area contributed by atoms with Crippen LogP contribution in [0.1, 0.15) is 24.1 Å². The molecule has 1 fully saturated rings. The minimum atomic E-state index is -0.818. The van der Waals surface area contributed by atoms with Crippen molar-refractivity contribution >= 4 is 39.8 Å². The van der Waals surface area contributed by atoms with Gasteiger partial charge in [-0.1, -0.05) is 60.1 Å². The lowest BCUT2D eigenvalue weighted by atomic mass is 9.73. The zero-order valence-corrected chi connectivity index (χ0v) is 21.5. The number of carboxylic acid groups (broad SMARTS) is 1. The summed E-state index contributed by atoms with van der Waals surface area (Å²) in [5.74, 6) is -0.0583. The van der Waals surface area contributed by atoms with Crippen molar-refractivity contribution in [2.75, 3.05) is 31.6 Å². The van der Waals surface area contributed by atoms with Gasteiger partial charge in [0.2, 0.25) is 0 Å². The first-order chi connectivity index (χ1) is 17.9. The first-order valence-electron chi connectivity index (χ1n) is 12.5. The number of ether oxygens (including phenoxy) is 1. The molecule has 1 saturated heterocycles. The Bertz CT molecular complexity index is 1400. The highest BCUT2D eigenvalue weighted by Crippen LogP contribution is 2.36. The molecule has 0 radical (unpaired) electrons. The van der Waals surface area contributed by atoms with E-state index in [9.17, 15) is 9.90 Å². The van der Waals surface area contributed by atoms with E-state index in [4.69, 9.17) is 16.3 Å². The average Bonchev–Trinajstić information content (AvgIpc) is 2.89. The van der Waals surface area contributed by atoms with Crippen molar-refractivity contribution in [1.82, 2.24) is 9.88 Å². The molecule has 3 aromatic carbocycles. The van der Waals surface area contributed by atoms with Gasteiger partial charge in [0.15, 0.2) is 0 Å². The Balaban J connectivity index is 1.21. The molecule has 1 aromatic heterocycles. The number of aliphatic carboxylic acids is 1. The quantitative estimate of drug-likeness (QED) is 0.281. The van der Waals surface area contributed by atoms with Gasteiger partial charge in [0.25, 0.3) is 0 Å². The smallest absolute Gasteiger partial charge is 0.314 e. The zero-order chi connectivity index (χ0) is 25.8. The molecule has 7 heteroatoms. The van der Waals surface area contributed by atoms with Crippen molar-refractivity contribution in [1.29, 1.82) is 0 Å². The number of aromatic nitrogens is 1. The highest BCUT2D eigenvalue weighted by molar-refractivity contribution is 6.31. The van der Waals surface area contributed by atoms with Gasteiger partial charge < -0.3 is 15.2 Å². The number of nitrogens with zero attached hydrogens (tertiary/aromatic N) is 2. The predicted molar refractivity (Wildman–Crippen MR) is 148 cm³/mol. The highest BCUT2D eigenvalue weighted by atomic mass is 35.5. The van der Waals surface area contributed by atoms with Crippen molar-refractivity contribution < 1.29 is 14.6 Å². The molecule has 0 amide bonds. The molecule has 37 heavy (non-hydrogen) atoms. The number of anilines is 2. The maximum atomic E-state index is 12.2. The fourth-order valence-electron chi connectivity index (χ4n) is 5.12. The molecule has 0 aliphatic carbocycles. The molecule has 4 aromatic rings. The molecule has 0 unspecified atom stereocenters. The van der Waals surface area contributed by atoms with E-state index in [1.54, 1.807) is 0 Å². The standard InChI is InChI=1S/C30H30ClN3O3/c1-21-17-28(26-9-5-6-10-27(26)32-21)33-24-18-23(31)19-25(20-24)37-16-15-34-13-11-30(12-14-34,29(35)36)22-7-3-2-4-8-22/h2-10,17-20H,11-16H2,1H3,(H,32,33)(H,35,36). The van der Waals surface area contributed by atoms with E-state index < -0.39 is 11.4 Å². The third-order valence-electron chi connectivity index (χ3n) is 7.12. The lowest BCUT2D eigenvalue weighted by Gasteiger charge is -2.39. The minimum absolute atomic E-state index is 0.489. The van der Waals surface area contributed by atoms with Crippen LogP contribution in [0, 0.1) is 6.92 Å². The summed E-state index contributed by atoms with van der Waals surface area (Å²) in [4.78, 5) is 19.1. The van der Waals surface area contributed by atoms with Gasteiger partial charge in [-0.3, -0.25) is 14.7 Å². The first kappa shape index (κ1) is 25.1. The minimum Gasteiger partial charge on any atom is -0.492 e. The van der Waals surface area contributed by atoms with Gasteiger partial charge >= 0.3 is 5.97 Å². The van der Waals surface area contributed by atoms with E-state index in [1.165, 1.54) is 0 Å². The Morgan fingerprint density at radius 2 is 1.78 bits per heavy atom. The molecule has 0 bridgehead atoms. The van der Waals surface area contributed by atoms with Crippen LogP contribution in [0.15, 0.2) is 78.9 Å². The normalized spacial score (nSPS) is 15.4. The lowest BCUT2D eigenvalue weighted by molar-refractivity contribution is -0.146. The second-order valence-electron chi connectivity index (χ2n) is 9.57. The van der Waals surface area contributed by atoms with Gasteiger partial charge in [0.05, 0.1) is 10.9 Å². The van der Waals surface area contributed by atoms with Crippen LogP contribution in [0.4, 0.5) is 11.4 Å². The number of carbonyl (C=O) groups is 1. The van der Waals surface area contributed by atoms with Crippen molar-refractivity contribution in [3.05, 3.63) is 95.1 Å². The third-order valence-corrected chi connectivity index (χ3v) is 7.33. The Labute approximate surface area is 221 Å². The second-order valence-corrected chi connectivity index (χ2v) is 10.0. The van der Waals surface area contributed by atoms with Gasteiger partial charge in [-0.15, -0.1) is 0 Å². The second kappa shape index (κ2) is 10.8. The molecule has 5 rings (SSSR count). The number of nitrogens with one attached hydrogen (secondary N) is 1. The average molecular weight is 516 g/mol. The van der Waals surface area contributed by atoms with Crippen LogP contribution in [0.3, 0.4) is 0 Å². The molecule has 1 aliphatic heterocycles. The molecular weight excluding hydrogens is 486 g/mol. The molecule has 0 spiro atoms. The summed E-state index contributed by atoms with van der Waals surface area (Å²) >= 11 is 6.41. The number of fused-ring (bicyclic) bond motifs is 1. The lowest BCUT2D eigenvalue weighted by Crippen LogP contribution is -2.48. The van der Waals surface area contributed by atoms with Crippen LogP contribution < -0.4 is 10.1 Å². The summed E-state index contributed by atoms with van der Waals surface area (Å²) in [6.45, 7) is 4.60. The maximum absolute atomic E-state index is 12.2. The van der Waals surface area contributed by atoms with Crippen LogP contribution >= 0.6 is 11.6 Å². The van der Waals surface area contributed by atoms with Gasteiger partial charge in [0.1, 0.15) is 12.4 Å². The Hall–Kier alpha value is -3.61. The zero-order valence-electron chi connectivity index (χ0n) is 20.8. The summed E-state index contributed by atoms with van der Waals surface area (Å²) in [6, 6.07) is 25.3. The number of halogens is 1. The number of benzene rings is 3. The SMILES string of the molecule is Cc1cc(Nc2cc(Cl)cc(OCCN3CCC(C(=O)O)(c4ccccc4)CC3)c2)c2ccccc2n1. The number of carboxylic acids is 1. The summed E-state index contributed by atoms with van der Waals surface area (Å²) in [5.41, 5.74) is 3.73. The molecule has 0 saturated carbocycles. The topological polar surface area (TPSA) is 74.7 Å². The van der Waals surface area contributed by atoms with Gasteiger partial charge in [0, 0.05) is 40.1 Å². The van der Waals surface area contributed by atoms with E-state index in [1.807, 2.05) is 85.8 Å². The molecular formula is C30H30ClN3O3. The number of hydrogen-bond donors (Lipinski definition) is 2. The largest absolute Gasteiger partial charge is 0.492 e. The number of piperidine rings is 1. The Morgan fingerprint density at radius 3 is 2.54 bits per heavy atom. The summed E-state index contributed by atoms with van der Waals surface area (Å²) < 4.78 is 6.07. The van der Waals surface area contributed by atoms with Gasteiger partial charge in [-0.05, 0) is 62.7 Å². The number of aryl methyl sites for hydroxylation is 1. The fourth-order valence-corrected chi connectivity index (χ4v) is 5.34. The van der Waals surface area contributed by atoms with Crippen molar-refractivity contribution in [2.24, 2.45) is 0 Å². The molecule has 1 aliphatic rings. The van der Waals surface area contributed by atoms with Crippen LogP contribution in [0.25, 0.3) is 10.9 Å². The fraction of sp³-hybridized carbons (Fsp3) is 0.267. The van der Waals surface area contributed by atoms with E-state index in [0.717, 1.165) is 33.5 Å². The van der Waals surface area contributed by atoms with Crippen LogP contribution in [0.5, 0.6) is 5.75 Å². The monoisotopic (exact) mass is 515 g/mol. The summed E-state index contributed by atoms with van der Waals surface area (Å²) in [6.07, 6.45) is 1.16. The van der Waals surface area contributed by atoms with Gasteiger partial charge in [-0.25, -0.2) is 0 Å². The third kappa shape index (κ3) is 5.55. The van der Waals surface area contributed by atoms with E-state index in [0.29, 0.717) is 49.9 Å². The summed E-state index contributed by atoms with van der Waals surface area (Å²) in [5, 5.41) is 15.1. The van der Waals surface area contributed by atoms with E-state index in [-0.39, 0.29) is 0 Å². The first-order valence-corrected chi connectivity index (χ1v) is 12.9. The predicted octanol–water partition coefficient (Wildman–Crippen LogP) is 6.44. The number of pyridine rings is 1. The number of hydrogen-bond acceptors (Lipinski definition) is 5. The van der Waals surface area contributed by atoms with Crippen molar-refractivity contribution in [3.8, 4) is 5.75 Å². The van der Waals surface area contributed by atoms with Crippen LogP contribution in [-0.2, 0) is 10.2 Å². The molecule has 0 atom stereocenters.